The Morgan fingerprint density at radius 1 is 1.29 bits per heavy atom. The molecule has 1 aliphatic carbocycles. The first-order valence-corrected chi connectivity index (χ1v) is 10.7. The zero-order valence-corrected chi connectivity index (χ0v) is 21.7. The van der Waals surface area contributed by atoms with E-state index in [0.717, 1.165) is 24.6 Å². The van der Waals surface area contributed by atoms with Crippen LogP contribution in [0, 0.1) is 11.3 Å². The number of ether oxygens (including phenoxy) is 2. The monoisotopic (exact) mass is 544 g/mol. The molecule has 0 radical (unpaired) electrons. The van der Waals surface area contributed by atoms with E-state index in [1.807, 2.05) is 51.1 Å². The van der Waals surface area contributed by atoms with Crippen LogP contribution in [0.2, 0.25) is 0 Å². The average molecular weight is 544 g/mol. The number of amides is 1. The van der Waals surface area contributed by atoms with E-state index in [9.17, 15) is 4.79 Å². The molecule has 1 saturated carbocycles. The quantitative estimate of drug-likeness (QED) is 0.298. The lowest BCUT2D eigenvalue weighted by atomic mass is 9.57. The maximum atomic E-state index is 12.4. The van der Waals surface area contributed by atoms with E-state index < -0.39 is 11.7 Å². The van der Waals surface area contributed by atoms with E-state index in [1.165, 1.54) is 0 Å². The first-order chi connectivity index (χ1) is 14.1. The number of carbonyl (C=O) groups excluding carboxylic acids is 1. The predicted octanol–water partition coefficient (Wildman–Crippen LogP) is 3.85. The number of fused-ring (bicyclic) bond motifs is 1. The highest BCUT2D eigenvalue weighted by atomic mass is 127. The fraction of sp³-hybridized carbons (Fsp3) is 0.652. The highest BCUT2D eigenvalue weighted by Gasteiger charge is 2.59. The Labute approximate surface area is 203 Å². The molecular weight excluding hydrogens is 507 g/mol. The Bertz CT molecular complexity index is 764. The predicted molar refractivity (Wildman–Crippen MR) is 134 cm³/mol. The average Bonchev–Trinajstić information content (AvgIpc) is 3.13. The second-order valence-electron chi connectivity index (χ2n) is 9.75. The number of nitrogens with one attached hydrogen (secondary N) is 3. The van der Waals surface area contributed by atoms with Crippen molar-refractivity contribution in [2.75, 3.05) is 20.2 Å². The van der Waals surface area contributed by atoms with Crippen molar-refractivity contribution < 1.29 is 14.3 Å². The molecule has 1 aliphatic heterocycles. The molecule has 0 spiro atoms. The number of aliphatic imine (C=N–C) groups is 1. The lowest BCUT2D eigenvalue weighted by Crippen LogP contribution is -2.68. The molecule has 1 aromatic carbocycles. The van der Waals surface area contributed by atoms with Gasteiger partial charge in [-0.05, 0) is 32.8 Å². The highest BCUT2D eigenvalue weighted by molar-refractivity contribution is 14.0. The first-order valence-electron chi connectivity index (χ1n) is 10.7. The third-order valence-corrected chi connectivity index (χ3v) is 5.98. The normalized spacial score (nSPS) is 25.4. The molecule has 31 heavy (non-hydrogen) atoms. The van der Waals surface area contributed by atoms with Gasteiger partial charge in [-0.2, -0.15) is 0 Å². The minimum Gasteiger partial charge on any atom is -0.444 e. The summed E-state index contributed by atoms with van der Waals surface area (Å²) in [6.07, 6.45) is 0.960. The topological polar surface area (TPSA) is 84.0 Å². The van der Waals surface area contributed by atoms with Crippen molar-refractivity contribution >= 4 is 36.0 Å². The fourth-order valence-corrected chi connectivity index (χ4v) is 4.55. The smallest absolute Gasteiger partial charge is 0.408 e. The Morgan fingerprint density at radius 2 is 1.97 bits per heavy atom. The second-order valence-corrected chi connectivity index (χ2v) is 9.75. The van der Waals surface area contributed by atoms with Crippen LogP contribution >= 0.6 is 24.0 Å². The molecule has 4 atom stereocenters. The van der Waals surface area contributed by atoms with Crippen molar-refractivity contribution in [2.24, 2.45) is 16.3 Å². The van der Waals surface area contributed by atoms with E-state index in [2.05, 4.69) is 34.8 Å². The van der Waals surface area contributed by atoms with Gasteiger partial charge in [0.2, 0.25) is 0 Å². The fourth-order valence-electron chi connectivity index (χ4n) is 4.55. The summed E-state index contributed by atoms with van der Waals surface area (Å²) in [5, 5.41) is 9.94. The number of guanidine groups is 1. The summed E-state index contributed by atoms with van der Waals surface area (Å²) in [5.41, 5.74) is 0.512. The molecule has 8 heteroatoms. The molecular formula is C23H37IN4O3. The van der Waals surface area contributed by atoms with Crippen LogP contribution in [0.4, 0.5) is 4.79 Å². The summed E-state index contributed by atoms with van der Waals surface area (Å²) >= 11 is 0. The molecule has 1 amide bonds. The van der Waals surface area contributed by atoms with Crippen molar-refractivity contribution in [3.05, 3.63) is 35.9 Å². The van der Waals surface area contributed by atoms with Gasteiger partial charge in [-0.25, -0.2) is 4.79 Å². The van der Waals surface area contributed by atoms with Crippen molar-refractivity contribution in [1.29, 1.82) is 0 Å². The summed E-state index contributed by atoms with van der Waals surface area (Å²) in [6.45, 7) is 11.4. The van der Waals surface area contributed by atoms with Gasteiger partial charge in [-0.1, -0.05) is 44.2 Å². The van der Waals surface area contributed by atoms with E-state index in [0.29, 0.717) is 24.6 Å². The van der Waals surface area contributed by atoms with Gasteiger partial charge in [0.1, 0.15) is 5.60 Å². The molecule has 2 aliphatic rings. The second kappa shape index (κ2) is 10.4. The van der Waals surface area contributed by atoms with E-state index in [1.54, 1.807) is 7.05 Å². The largest absolute Gasteiger partial charge is 0.444 e. The molecule has 7 nitrogen and oxygen atoms in total. The summed E-state index contributed by atoms with van der Waals surface area (Å²) in [5.74, 6) is 1.24. The number of rotatable bonds is 5. The summed E-state index contributed by atoms with van der Waals surface area (Å²) in [7, 11) is 1.77. The molecule has 3 N–H and O–H groups in total. The van der Waals surface area contributed by atoms with Gasteiger partial charge in [-0.3, -0.25) is 4.99 Å². The number of hydrogen-bond acceptors (Lipinski definition) is 4. The maximum absolute atomic E-state index is 12.4. The van der Waals surface area contributed by atoms with Gasteiger partial charge in [0.15, 0.2) is 5.96 Å². The van der Waals surface area contributed by atoms with E-state index in [-0.39, 0.29) is 35.4 Å². The number of hydrogen-bond donors (Lipinski definition) is 3. The summed E-state index contributed by atoms with van der Waals surface area (Å²) in [4.78, 5) is 16.8. The minimum atomic E-state index is -0.550. The van der Waals surface area contributed by atoms with Gasteiger partial charge in [0.25, 0.3) is 0 Å². The molecule has 1 heterocycles. The van der Waals surface area contributed by atoms with Crippen LogP contribution in [0.5, 0.6) is 0 Å². The van der Waals surface area contributed by atoms with Crippen LogP contribution in [0.3, 0.4) is 0 Å². The van der Waals surface area contributed by atoms with E-state index in [4.69, 9.17) is 9.47 Å². The summed E-state index contributed by atoms with van der Waals surface area (Å²) < 4.78 is 11.3. The van der Waals surface area contributed by atoms with Gasteiger partial charge in [-0.15, -0.1) is 24.0 Å². The number of nitrogens with zero attached hydrogens (tertiary/aromatic N) is 1. The number of alkyl carbamates (subject to hydrolysis) is 1. The first kappa shape index (κ1) is 25.7. The Balaban J connectivity index is 0.00000341. The van der Waals surface area contributed by atoms with Crippen molar-refractivity contribution in [2.45, 2.75) is 64.8 Å². The molecule has 174 valence electrons. The van der Waals surface area contributed by atoms with Crippen molar-refractivity contribution in [1.82, 2.24) is 16.0 Å². The molecule has 1 aromatic rings. The SMILES string of the molecule is CN=C(NCC(NC(=O)OC(C)(C)C)c1ccccc1)NC1C2CCOC2C1(C)C.I. The number of benzene rings is 1. The summed E-state index contributed by atoms with van der Waals surface area (Å²) in [6, 6.07) is 9.93. The van der Waals surface area contributed by atoms with E-state index >= 15 is 0 Å². The maximum Gasteiger partial charge on any atom is 0.408 e. The van der Waals surface area contributed by atoms with Gasteiger partial charge < -0.3 is 25.4 Å². The van der Waals surface area contributed by atoms with Crippen molar-refractivity contribution in [3.63, 3.8) is 0 Å². The van der Waals surface area contributed by atoms with Crippen LogP contribution < -0.4 is 16.0 Å². The standard InChI is InChI=1S/C23H36N4O3.HI/c1-22(2,3)30-21(28)26-17(15-10-8-7-9-11-15)14-25-20(24-6)27-18-16-12-13-29-19(16)23(18,4)5;/h7-11,16-19H,12-14H2,1-6H3,(H,26,28)(H2,24,25,27);1H. The molecule has 3 rings (SSSR count). The van der Waals surface area contributed by atoms with Crippen LogP contribution in [-0.4, -0.2) is 50.0 Å². The number of halogens is 1. The van der Waals surface area contributed by atoms with Crippen LogP contribution in [0.15, 0.2) is 35.3 Å². The molecule has 1 saturated heterocycles. The zero-order valence-electron chi connectivity index (χ0n) is 19.4. The zero-order chi connectivity index (χ0) is 21.9. The lowest BCUT2D eigenvalue weighted by Gasteiger charge is -2.54. The Kier molecular flexibility index (Phi) is 8.61. The number of carbonyl (C=O) groups is 1. The Hall–Kier alpha value is -1.55. The Morgan fingerprint density at radius 3 is 2.58 bits per heavy atom. The lowest BCUT2D eigenvalue weighted by molar-refractivity contribution is -0.106. The highest BCUT2D eigenvalue weighted by Crippen LogP contribution is 2.52. The van der Waals surface area contributed by atoms with Crippen LogP contribution in [-0.2, 0) is 9.47 Å². The molecule has 2 fully saturated rings. The van der Waals surface area contributed by atoms with Gasteiger partial charge >= 0.3 is 6.09 Å². The van der Waals surface area contributed by atoms with Gasteiger partial charge in [0, 0.05) is 37.6 Å². The molecule has 0 aromatic heterocycles. The van der Waals surface area contributed by atoms with Crippen LogP contribution in [0.25, 0.3) is 0 Å². The van der Waals surface area contributed by atoms with Gasteiger partial charge in [0.05, 0.1) is 12.1 Å². The van der Waals surface area contributed by atoms with Crippen LogP contribution in [0.1, 0.15) is 52.6 Å². The van der Waals surface area contributed by atoms with Crippen molar-refractivity contribution in [3.8, 4) is 0 Å². The molecule has 4 unspecified atom stereocenters. The third-order valence-electron chi connectivity index (χ3n) is 5.98. The third kappa shape index (κ3) is 6.25. The molecule has 0 bridgehead atoms. The minimum absolute atomic E-state index is 0.